The van der Waals surface area contributed by atoms with Crippen molar-refractivity contribution in [3.8, 4) is 0 Å². The molecule has 0 spiro atoms. The van der Waals surface area contributed by atoms with Crippen molar-refractivity contribution in [1.82, 2.24) is 9.80 Å². The van der Waals surface area contributed by atoms with E-state index < -0.39 is 0 Å². The Morgan fingerprint density at radius 1 is 1.53 bits per heavy atom. The van der Waals surface area contributed by atoms with E-state index in [1.54, 1.807) is 6.26 Å². The first kappa shape index (κ1) is 12.6. The van der Waals surface area contributed by atoms with Crippen LogP contribution in [0.4, 0.5) is 0 Å². The lowest BCUT2D eigenvalue weighted by Gasteiger charge is -2.30. The topological polar surface area (TPSA) is 45.6 Å². The lowest BCUT2D eigenvalue weighted by atomic mass is 10.1. The molecule has 2 rings (SSSR count). The SMILES string of the molecule is CC(N)C(c1ccco1)N1CCC(N(C)C)C1. The van der Waals surface area contributed by atoms with Crippen molar-refractivity contribution in [3.63, 3.8) is 0 Å². The van der Waals surface area contributed by atoms with E-state index >= 15 is 0 Å². The third-order valence-corrected chi connectivity index (χ3v) is 3.65. The lowest BCUT2D eigenvalue weighted by Crippen LogP contribution is -2.40. The molecule has 3 atom stereocenters. The van der Waals surface area contributed by atoms with Crippen LogP contribution in [0.3, 0.4) is 0 Å². The lowest BCUT2D eigenvalue weighted by molar-refractivity contribution is 0.175. The van der Waals surface area contributed by atoms with Crippen molar-refractivity contribution in [2.24, 2.45) is 5.73 Å². The van der Waals surface area contributed by atoms with Crippen LogP contribution < -0.4 is 5.73 Å². The highest BCUT2D eigenvalue weighted by Gasteiger charge is 2.33. The molecule has 1 fully saturated rings. The fourth-order valence-electron chi connectivity index (χ4n) is 2.67. The molecule has 4 heteroatoms. The van der Waals surface area contributed by atoms with Crippen molar-refractivity contribution in [1.29, 1.82) is 0 Å². The van der Waals surface area contributed by atoms with Crippen LogP contribution in [0.5, 0.6) is 0 Å². The molecule has 96 valence electrons. The summed E-state index contributed by atoms with van der Waals surface area (Å²) in [5, 5.41) is 0. The Bertz CT molecular complexity index is 334. The Labute approximate surface area is 103 Å². The zero-order chi connectivity index (χ0) is 12.4. The molecule has 0 bridgehead atoms. The minimum Gasteiger partial charge on any atom is -0.468 e. The summed E-state index contributed by atoms with van der Waals surface area (Å²) < 4.78 is 5.53. The smallest absolute Gasteiger partial charge is 0.122 e. The minimum atomic E-state index is 0.0852. The van der Waals surface area contributed by atoms with Gasteiger partial charge < -0.3 is 15.1 Å². The van der Waals surface area contributed by atoms with Gasteiger partial charge in [0.15, 0.2) is 0 Å². The summed E-state index contributed by atoms with van der Waals surface area (Å²) >= 11 is 0. The summed E-state index contributed by atoms with van der Waals surface area (Å²) in [6, 6.07) is 4.88. The molecule has 0 saturated carbocycles. The Kier molecular flexibility index (Phi) is 3.86. The molecule has 1 aliphatic rings. The zero-order valence-electron chi connectivity index (χ0n) is 11.0. The molecular formula is C13H23N3O. The van der Waals surface area contributed by atoms with Gasteiger partial charge in [0.1, 0.15) is 5.76 Å². The zero-order valence-corrected chi connectivity index (χ0v) is 11.0. The number of nitrogens with two attached hydrogens (primary N) is 1. The van der Waals surface area contributed by atoms with E-state index in [-0.39, 0.29) is 12.1 Å². The van der Waals surface area contributed by atoms with Crippen molar-refractivity contribution in [2.75, 3.05) is 27.2 Å². The van der Waals surface area contributed by atoms with Crippen LogP contribution in [0.2, 0.25) is 0 Å². The number of rotatable bonds is 4. The molecule has 0 radical (unpaired) electrons. The summed E-state index contributed by atoms with van der Waals surface area (Å²) in [4.78, 5) is 4.73. The summed E-state index contributed by atoms with van der Waals surface area (Å²) in [5.74, 6) is 0.986. The van der Waals surface area contributed by atoms with Crippen LogP contribution in [-0.4, -0.2) is 49.1 Å². The van der Waals surface area contributed by atoms with Gasteiger partial charge in [-0.05, 0) is 39.6 Å². The van der Waals surface area contributed by atoms with Gasteiger partial charge in [-0.3, -0.25) is 4.90 Å². The highest BCUT2D eigenvalue weighted by atomic mass is 16.3. The Morgan fingerprint density at radius 2 is 2.29 bits per heavy atom. The molecule has 1 aromatic heterocycles. The van der Waals surface area contributed by atoms with Crippen molar-refractivity contribution < 1.29 is 4.42 Å². The fourth-order valence-corrected chi connectivity index (χ4v) is 2.67. The first-order valence-corrected chi connectivity index (χ1v) is 6.29. The number of hydrogen-bond acceptors (Lipinski definition) is 4. The molecular weight excluding hydrogens is 214 g/mol. The van der Waals surface area contributed by atoms with Crippen molar-refractivity contribution in [3.05, 3.63) is 24.2 Å². The van der Waals surface area contributed by atoms with Gasteiger partial charge >= 0.3 is 0 Å². The molecule has 0 aromatic carbocycles. The average molecular weight is 237 g/mol. The van der Waals surface area contributed by atoms with Crippen LogP contribution in [0.1, 0.15) is 25.1 Å². The molecule has 0 amide bonds. The summed E-state index contributed by atoms with van der Waals surface area (Å²) in [5.41, 5.74) is 6.11. The number of likely N-dealkylation sites (tertiary alicyclic amines) is 1. The van der Waals surface area contributed by atoms with E-state index in [1.807, 2.05) is 12.1 Å². The van der Waals surface area contributed by atoms with Crippen LogP contribution in [0.15, 0.2) is 22.8 Å². The van der Waals surface area contributed by atoms with Gasteiger partial charge in [0, 0.05) is 25.2 Å². The van der Waals surface area contributed by atoms with Gasteiger partial charge in [-0.2, -0.15) is 0 Å². The van der Waals surface area contributed by atoms with Gasteiger partial charge in [0.2, 0.25) is 0 Å². The van der Waals surface area contributed by atoms with Gasteiger partial charge in [-0.1, -0.05) is 0 Å². The van der Waals surface area contributed by atoms with Crippen molar-refractivity contribution in [2.45, 2.75) is 31.5 Å². The first-order chi connectivity index (χ1) is 8.09. The predicted molar refractivity (Wildman–Crippen MR) is 68.8 cm³/mol. The van der Waals surface area contributed by atoms with E-state index in [0.29, 0.717) is 6.04 Å². The highest BCUT2D eigenvalue weighted by molar-refractivity contribution is 5.08. The van der Waals surface area contributed by atoms with E-state index in [4.69, 9.17) is 10.2 Å². The van der Waals surface area contributed by atoms with Crippen LogP contribution in [-0.2, 0) is 0 Å². The second-order valence-corrected chi connectivity index (χ2v) is 5.22. The van der Waals surface area contributed by atoms with Gasteiger partial charge in [-0.25, -0.2) is 0 Å². The monoisotopic (exact) mass is 237 g/mol. The molecule has 4 nitrogen and oxygen atoms in total. The predicted octanol–water partition coefficient (Wildman–Crippen LogP) is 1.30. The number of likely N-dealkylation sites (N-methyl/N-ethyl adjacent to an activating group) is 1. The maximum Gasteiger partial charge on any atom is 0.122 e. The molecule has 17 heavy (non-hydrogen) atoms. The second-order valence-electron chi connectivity index (χ2n) is 5.22. The van der Waals surface area contributed by atoms with Crippen LogP contribution in [0.25, 0.3) is 0 Å². The third kappa shape index (κ3) is 2.70. The van der Waals surface area contributed by atoms with Crippen LogP contribution in [0, 0.1) is 0 Å². The number of hydrogen-bond donors (Lipinski definition) is 1. The third-order valence-electron chi connectivity index (χ3n) is 3.65. The fraction of sp³-hybridized carbons (Fsp3) is 0.692. The Balaban J connectivity index is 2.09. The minimum absolute atomic E-state index is 0.0852. The number of nitrogens with zero attached hydrogens (tertiary/aromatic N) is 2. The number of furan rings is 1. The first-order valence-electron chi connectivity index (χ1n) is 6.29. The second kappa shape index (κ2) is 5.21. The maximum absolute atomic E-state index is 6.11. The summed E-state index contributed by atoms with van der Waals surface area (Å²) in [7, 11) is 4.28. The molecule has 0 aliphatic carbocycles. The summed E-state index contributed by atoms with van der Waals surface area (Å²) in [6.07, 6.45) is 2.93. The Morgan fingerprint density at radius 3 is 2.76 bits per heavy atom. The van der Waals surface area contributed by atoms with Gasteiger partial charge in [-0.15, -0.1) is 0 Å². The molecule has 2 heterocycles. The van der Waals surface area contributed by atoms with Gasteiger partial charge in [0.05, 0.1) is 12.3 Å². The molecule has 1 aromatic rings. The van der Waals surface area contributed by atoms with Crippen LogP contribution >= 0.6 is 0 Å². The molecule has 1 saturated heterocycles. The molecule has 2 N–H and O–H groups in total. The van der Waals surface area contributed by atoms with E-state index in [1.165, 1.54) is 6.42 Å². The van der Waals surface area contributed by atoms with E-state index in [9.17, 15) is 0 Å². The standard InChI is InChI=1S/C13H23N3O/c1-10(14)13(12-5-4-8-17-12)16-7-6-11(9-16)15(2)3/h4-5,8,10-11,13H,6-7,9,14H2,1-3H3. The Hall–Kier alpha value is -0.840. The molecule has 1 aliphatic heterocycles. The quantitative estimate of drug-likeness (QED) is 0.857. The maximum atomic E-state index is 6.11. The average Bonchev–Trinajstić information content (AvgIpc) is 2.88. The highest BCUT2D eigenvalue weighted by Crippen LogP contribution is 2.28. The van der Waals surface area contributed by atoms with Crippen molar-refractivity contribution >= 4 is 0 Å². The molecule has 3 unspecified atom stereocenters. The van der Waals surface area contributed by atoms with Gasteiger partial charge in [0.25, 0.3) is 0 Å². The van der Waals surface area contributed by atoms with E-state index in [0.717, 1.165) is 18.8 Å². The normalized spacial score (nSPS) is 25.4. The summed E-state index contributed by atoms with van der Waals surface area (Å²) in [6.45, 7) is 4.21. The largest absolute Gasteiger partial charge is 0.468 e. The van der Waals surface area contributed by atoms with E-state index in [2.05, 4.69) is 30.8 Å².